The van der Waals surface area contributed by atoms with Crippen molar-refractivity contribution in [2.24, 2.45) is 5.73 Å². The number of hydrogen-bond acceptors (Lipinski definition) is 3. The van der Waals surface area contributed by atoms with E-state index >= 15 is 0 Å². The summed E-state index contributed by atoms with van der Waals surface area (Å²) in [5.74, 6) is 0.964. The third-order valence-electron chi connectivity index (χ3n) is 2.79. The first-order valence-electron chi connectivity index (χ1n) is 5.97. The molecule has 0 amide bonds. The number of hydrogen-bond donors (Lipinski definition) is 1. The molecule has 1 aromatic carbocycles. The summed E-state index contributed by atoms with van der Waals surface area (Å²) in [6.07, 6.45) is 1.05. The maximum atomic E-state index is 5.74. The first-order chi connectivity index (χ1) is 7.78. The van der Waals surface area contributed by atoms with Crippen LogP contribution in [-0.2, 0) is 6.54 Å². The molecule has 0 aliphatic carbocycles. The molecule has 1 aliphatic heterocycles. The smallest absolute Gasteiger partial charge is 0.119 e. The molecule has 1 heterocycles. The summed E-state index contributed by atoms with van der Waals surface area (Å²) in [6, 6.07) is 8.74. The molecule has 0 bridgehead atoms. The molecule has 3 heteroatoms. The predicted octanol–water partition coefficient (Wildman–Crippen LogP) is 1.62. The molecule has 0 saturated carbocycles. The minimum absolute atomic E-state index is 0.382. The molecule has 16 heavy (non-hydrogen) atoms. The number of benzene rings is 1. The van der Waals surface area contributed by atoms with Crippen LogP contribution >= 0.6 is 0 Å². The second-order valence-corrected chi connectivity index (χ2v) is 4.45. The Morgan fingerprint density at radius 2 is 2.00 bits per heavy atom. The van der Waals surface area contributed by atoms with Crippen molar-refractivity contribution in [3.63, 3.8) is 0 Å². The zero-order chi connectivity index (χ0) is 11.4. The van der Waals surface area contributed by atoms with Gasteiger partial charge in [0.05, 0.1) is 6.61 Å². The first-order valence-corrected chi connectivity index (χ1v) is 5.97. The van der Waals surface area contributed by atoms with Crippen LogP contribution in [-0.4, -0.2) is 30.6 Å². The Labute approximate surface area is 97.2 Å². The zero-order valence-electron chi connectivity index (χ0n) is 9.86. The second kappa shape index (κ2) is 5.32. The van der Waals surface area contributed by atoms with E-state index in [1.54, 1.807) is 0 Å². The highest BCUT2D eigenvalue weighted by Gasteiger charge is 2.22. The van der Waals surface area contributed by atoms with E-state index in [-0.39, 0.29) is 0 Å². The molecule has 1 aliphatic rings. The summed E-state index contributed by atoms with van der Waals surface area (Å²) in [6.45, 7) is 5.95. The molecule has 1 fully saturated rings. The lowest BCUT2D eigenvalue weighted by Crippen LogP contribution is -2.54. The number of ether oxygens (including phenoxy) is 1. The lowest BCUT2D eigenvalue weighted by Gasteiger charge is -2.36. The second-order valence-electron chi connectivity index (χ2n) is 4.45. The maximum absolute atomic E-state index is 5.74. The number of likely N-dealkylation sites (tertiary alicyclic amines) is 1. The normalized spacial score (nSPS) is 17.1. The SMILES string of the molecule is CCCOc1ccc(CN2CC(N)C2)cc1. The van der Waals surface area contributed by atoms with Gasteiger partial charge in [0.15, 0.2) is 0 Å². The average Bonchev–Trinajstić information content (AvgIpc) is 2.26. The molecular weight excluding hydrogens is 200 g/mol. The molecular formula is C13H20N2O. The minimum atomic E-state index is 0.382. The van der Waals surface area contributed by atoms with Crippen molar-refractivity contribution in [3.8, 4) is 5.75 Å². The molecule has 88 valence electrons. The summed E-state index contributed by atoms with van der Waals surface area (Å²) in [5, 5.41) is 0. The Morgan fingerprint density at radius 1 is 1.31 bits per heavy atom. The fourth-order valence-corrected chi connectivity index (χ4v) is 1.91. The molecule has 0 atom stereocenters. The molecule has 3 nitrogen and oxygen atoms in total. The van der Waals surface area contributed by atoms with E-state index in [4.69, 9.17) is 10.5 Å². The van der Waals surface area contributed by atoms with Gasteiger partial charge in [-0.2, -0.15) is 0 Å². The van der Waals surface area contributed by atoms with Gasteiger partial charge >= 0.3 is 0 Å². The van der Waals surface area contributed by atoms with Crippen molar-refractivity contribution in [1.82, 2.24) is 4.90 Å². The van der Waals surface area contributed by atoms with Crippen molar-refractivity contribution in [2.45, 2.75) is 25.9 Å². The summed E-state index contributed by atoms with van der Waals surface area (Å²) in [7, 11) is 0. The fraction of sp³-hybridized carbons (Fsp3) is 0.538. The number of rotatable bonds is 5. The largest absolute Gasteiger partial charge is 0.494 e. The summed E-state index contributed by atoms with van der Waals surface area (Å²) in [5.41, 5.74) is 7.07. The number of nitrogens with zero attached hydrogens (tertiary/aromatic N) is 1. The molecule has 0 aromatic heterocycles. The molecule has 2 N–H and O–H groups in total. The van der Waals surface area contributed by atoms with Crippen LogP contribution in [0.4, 0.5) is 0 Å². The maximum Gasteiger partial charge on any atom is 0.119 e. The highest BCUT2D eigenvalue weighted by molar-refractivity contribution is 5.27. The van der Waals surface area contributed by atoms with Gasteiger partial charge in [0.1, 0.15) is 5.75 Å². The van der Waals surface area contributed by atoms with E-state index in [1.165, 1.54) is 5.56 Å². The van der Waals surface area contributed by atoms with E-state index in [1.807, 2.05) is 12.1 Å². The van der Waals surface area contributed by atoms with Crippen LogP contribution in [0.15, 0.2) is 24.3 Å². The lowest BCUT2D eigenvalue weighted by molar-refractivity contribution is 0.142. The van der Waals surface area contributed by atoms with Crippen molar-refractivity contribution in [3.05, 3.63) is 29.8 Å². The fourth-order valence-electron chi connectivity index (χ4n) is 1.91. The summed E-state index contributed by atoms with van der Waals surface area (Å²) in [4.78, 5) is 2.35. The van der Waals surface area contributed by atoms with Crippen molar-refractivity contribution >= 4 is 0 Å². The van der Waals surface area contributed by atoms with Gasteiger partial charge in [-0.05, 0) is 24.1 Å². The standard InChI is InChI=1S/C13H20N2O/c1-2-7-16-13-5-3-11(4-6-13)8-15-9-12(14)10-15/h3-6,12H,2,7-10,14H2,1H3. The van der Waals surface area contributed by atoms with Gasteiger partial charge in [-0.25, -0.2) is 0 Å². The Morgan fingerprint density at radius 3 is 2.56 bits per heavy atom. The molecule has 0 spiro atoms. The van der Waals surface area contributed by atoms with E-state index in [2.05, 4.69) is 24.0 Å². The number of nitrogens with two attached hydrogens (primary N) is 1. The van der Waals surface area contributed by atoms with Gasteiger partial charge in [-0.3, -0.25) is 4.90 Å². The first kappa shape index (κ1) is 11.4. The van der Waals surface area contributed by atoms with E-state index < -0.39 is 0 Å². The Bertz CT molecular complexity index is 317. The predicted molar refractivity (Wildman–Crippen MR) is 65.5 cm³/mol. The summed E-state index contributed by atoms with van der Waals surface area (Å²) >= 11 is 0. The van der Waals surface area contributed by atoms with Crippen molar-refractivity contribution in [2.75, 3.05) is 19.7 Å². The van der Waals surface area contributed by atoms with Crippen LogP contribution < -0.4 is 10.5 Å². The van der Waals surface area contributed by atoms with Crippen LogP contribution in [0.5, 0.6) is 5.75 Å². The topological polar surface area (TPSA) is 38.5 Å². The van der Waals surface area contributed by atoms with E-state index in [0.29, 0.717) is 6.04 Å². The highest BCUT2D eigenvalue weighted by Crippen LogP contribution is 2.16. The third-order valence-corrected chi connectivity index (χ3v) is 2.79. The summed E-state index contributed by atoms with van der Waals surface area (Å²) < 4.78 is 5.54. The highest BCUT2D eigenvalue weighted by atomic mass is 16.5. The molecule has 2 rings (SSSR count). The third kappa shape index (κ3) is 2.97. The molecule has 0 unspecified atom stereocenters. The average molecular weight is 220 g/mol. The van der Waals surface area contributed by atoms with Crippen LogP contribution in [0.3, 0.4) is 0 Å². The van der Waals surface area contributed by atoms with Crippen LogP contribution in [0, 0.1) is 0 Å². The van der Waals surface area contributed by atoms with Crippen molar-refractivity contribution < 1.29 is 4.74 Å². The van der Waals surface area contributed by atoms with E-state index in [9.17, 15) is 0 Å². The molecule has 1 aromatic rings. The van der Waals surface area contributed by atoms with E-state index in [0.717, 1.165) is 38.4 Å². The Balaban J connectivity index is 1.82. The molecule has 1 saturated heterocycles. The van der Waals surface area contributed by atoms with Crippen LogP contribution in [0.25, 0.3) is 0 Å². The monoisotopic (exact) mass is 220 g/mol. The van der Waals surface area contributed by atoms with Gasteiger partial charge in [0.2, 0.25) is 0 Å². The lowest BCUT2D eigenvalue weighted by atomic mass is 10.1. The van der Waals surface area contributed by atoms with Crippen LogP contribution in [0.1, 0.15) is 18.9 Å². The Hall–Kier alpha value is -1.06. The van der Waals surface area contributed by atoms with Gasteiger partial charge in [0, 0.05) is 25.7 Å². The van der Waals surface area contributed by atoms with Crippen LogP contribution in [0.2, 0.25) is 0 Å². The Kier molecular flexibility index (Phi) is 3.80. The molecule has 0 radical (unpaired) electrons. The minimum Gasteiger partial charge on any atom is -0.494 e. The van der Waals surface area contributed by atoms with Gasteiger partial charge in [0.25, 0.3) is 0 Å². The van der Waals surface area contributed by atoms with Gasteiger partial charge < -0.3 is 10.5 Å². The van der Waals surface area contributed by atoms with Gasteiger partial charge in [-0.1, -0.05) is 19.1 Å². The van der Waals surface area contributed by atoms with Crippen molar-refractivity contribution in [1.29, 1.82) is 0 Å². The van der Waals surface area contributed by atoms with Gasteiger partial charge in [-0.15, -0.1) is 0 Å². The quantitative estimate of drug-likeness (QED) is 0.819. The zero-order valence-corrected chi connectivity index (χ0v) is 9.86.